The predicted octanol–water partition coefficient (Wildman–Crippen LogP) is 1.63. The molecule has 0 fully saturated rings. The van der Waals surface area contributed by atoms with Crippen LogP contribution in [0.4, 0.5) is 5.69 Å². The van der Waals surface area contributed by atoms with Gasteiger partial charge >= 0.3 is 0 Å². The van der Waals surface area contributed by atoms with Crippen LogP contribution in [0.15, 0.2) is 22.4 Å². The van der Waals surface area contributed by atoms with Gasteiger partial charge in [0.25, 0.3) is 5.56 Å². The zero-order chi connectivity index (χ0) is 13.3. The molecular formula is C12H16N4OS. The standard InChI is InChI=1S/C12H16N4OS/c1-12(2,3)9-7-18-10(15-9)6-16-11(17)4-8(13)5-14-16/h4-5,7H,6,13H2,1-3H3. The molecule has 2 heterocycles. The summed E-state index contributed by atoms with van der Waals surface area (Å²) in [6.45, 7) is 6.72. The summed E-state index contributed by atoms with van der Waals surface area (Å²) in [5, 5.41) is 6.89. The highest BCUT2D eigenvalue weighted by molar-refractivity contribution is 7.09. The fraction of sp³-hybridized carbons (Fsp3) is 0.417. The van der Waals surface area contributed by atoms with Gasteiger partial charge in [-0.2, -0.15) is 5.10 Å². The molecule has 5 nitrogen and oxygen atoms in total. The highest BCUT2D eigenvalue weighted by atomic mass is 32.1. The van der Waals surface area contributed by atoms with E-state index in [1.165, 1.54) is 16.9 Å². The average Bonchev–Trinajstić information content (AvgIpc) is 2.70. The quantitative estimate of drug-likeness (QED) is 0.894. The number of nitrogen functional groups attached to an aromatic ring is 1. The Hall–Kier alpha value is -1.69. The van der Waals surface area contributed by atoms with E-state index in [0.29, 0.717) is 12.2 Å². The van der Waals surface area contributed by atoms with Crippen LogP contribution in [0.3, 0.4) is 0 Å². The number of hydrogen-bond donors (Lipinski definition) is 1. The van der Waals surface area contributed by atoms with E-state index in [4.69, 9.17) is 5.73 Å². The number of hydrogen-bond acceptors (Lipinski definition) is 5. The summed E-state index contributed by atoms with van der Waals surface area (Å²) in [5.41, 5.74) is 6.72. The molecule has 2 aromatic heterocycles. The molecule has 0 saturated carbocycles. The topological polar surface area (TPSA) is 73.8 Å². The van der Waals surface area contributed by atoms with Crippen molar-refractivity contribution >= 4 is 17.0 Å². The Balaban J connectivity index is 2.24. The first-order chi connectivity index (χ1) is 8.36. The second-order valence-electron chi connectivity index (χ2n) is 5.16. The van der Waals surface area contributed by atoms with Gasteiger partial charge in [-0.25, -0.2) is 9.67 Å². The second kappa shape index (κ2) is 4.53. The van der Waals surface area contributed by atoms with Gasteiger partial charge in [0.05, 0.1) is 24.1 Å². The van der Waals surface area contributed by atoms with Crippen LogP contribution in [-0.2, 0) is 12.0 Å². The first-order valence-electron chi connectivity index (χ1n) is 5.64. The summed E-state index contributed by atoms with van der Waals surface area (Å²) in [7, 11) is 0. The van der Waals surface area contributed by atoms with E-state index in [1.807, 2.05) is 5.38 Å². The lowest BCUT2D eigenvalue weighted by atomic mass is 9.93. The van der Waals surface area contributed by atoms with Crippen LogP contribution in [0.1, 0.15) is 31.5 Å². The molecule has 0 aliphatic heterocycles. The minimum Gasteiger partial charge on any atom is -0.397 e. The highest BCUT2D eigenvalue weighted by Gasteiger charge is 2.17. The summed E-state index contributed by atoms with van der Waals surface area (Å²) in [6, 6.07) is 1.37. The maximum Gasteiger partial charge on any atom is 0.269 e. The summed E-state index contributed by atoms with van der Waals surface area (Å²) in [4.78, 5) is 16.2. The van der Waals surface area contributed by atoms with Crippen molar-refractivity contribution in [3.8, 4) is 0 Å². The molecule has 0 unspecified atom stereocenters. The van der Waals surface area contributed by atoms with Gasteiger partial charge in [0.1, 0.15) is 5.01 Å². The van der Waals surface area contributed by atoms with Gasteiger partial charge in [0.2, 0.25) is 0 Å². The van der Waals surface area contributed by atoms with Gasteiger partial charge in [-0.05, 0) is 0 Å². The molecule has 0 amide bonds. The fourth-order valence-electron chi connectivity index (χ4n) is 1.42. The number of thiazole rings is 1. The van der Waals surface area contributed by atoms with Crippen LogP contribution in [0.2, 0.25) is 0 Å². The Morgan fingerprint density at radius 2 is 2.17 bits per heavy atom. The second-order valence-corrected chi connectivity index (χ2v) is 6.10. The summed E-state index contributed by atoms with van der Waals surface area (Å²) in [5.74, 6) is 0. The average molecular weight is 264 g/mol. The van der Waals surface area contributed by atoms with E-state index in [-0.39, 0.29) is 11.0 Å². The van der Waals surface area contributed by atoms with Crippen molar-refractivity contribution in [1.29, 1.82) is 0 Å². The van der Waals surface area contributed by atoms with Crippen molar-refractivity contribution in [2.45, 2.75) is 32.7 Å². The highest BCUT2D eigenvalue weighted by Crippen LogP contribution is 2.23. The molecule has 0 spiro atoms. The SMILES string of the molecule is CC(C)(C)c1csc(Cn2ncc(N)cc2=O)n1. The van der Waals surface area contributed by atoms with Gasteiger partial charge in [0.15, 0.2) is 0 Å². The first kappa shape index (κ1) is 12.8. The van der Waals surface area contributed by atoms with E-state index < -0.39 is 0 Å². The lowest BCUT2D eigenvalue weighted by Gasteiger charge is -2.14. The molecule has 18 heavy (non-hydrogen) atoms. The number of rotatable bonds is 2. The molecule has 0 aromatic carbocycles. The monoisotopic (exact) mass is 264 g/mol. The molecule has 2 rings (SSSR count). The van der Waals surface area contributed by atoms with Gasteiger partial charge in [-0.15, -0.1) is 11.3 Å². The first-order valence-corrected chi connectivity index (χ1v) is 6.52. The number of nitrogens with zero attached hydrogens (tertiary/aromatic N) is 3. The Labute approximate surface area is 109 Å². The van der Waals surface area contributed by atoms with Crippen LogP contribution in [0.25, 0.3) is 0 Å². The lowest BCUT2D eigenvalue weighted by molar-refractivity contribution is 0.565. The van der Waals surface area contributed by atoms with Crippen molar-refractivity contribution in [2.75, 3.05) is 5.73 Å². The Kier molecular flexibility index (Phi) is 3.21. The van der Waals surface area contributed by atoms with Crippen LogP contribution in [-0.4, -0.2) is 14.8 Å². The zero-order valence-electron chi connectivity index (χ0n) is 10.7. The smallest absolute Gasteiger partial charge is 0.269 e. The Morgan fingerprint density at radius 1 is 1.44 bits per heavy atom. The molecule has 0 aliphatic rings. The van der Waals surface area contributed by atoms with E-state index in [2.05, 4.69) is 30.9 Å². The molecule has 0 saturated heterocycles. The molecule has 2 N–H and O–H groups in total. The van der Waals surface area contributed by atoms with Crippen LogP contribution >= 0.6 is 11.3 Å². The summed E-state index contributed by atoms with van der Waals surface area (Å²) < 4.78 is 1.36. The maximum atomic E-state index is 11.6. The molecule has 0 atom stereocenters. The van der Waals surface area contributed by atoms with Crippen molar-refractivity contribution in [3.63, 3.8) is 0 Å². The lowest BCUT2D eigenvalue weighted by Crippen LogP contribution is -2.23. The number of anilines is 1. The molecule has 0 aliphatic carbocycles. The van der Waals surface area contributed by atoms with Gasteiger partial charge in [-0.1, -0.05) is 20.8 Å². The van der Waals surface area contributed by atoms with Crippen molar-refractivity contribution in [1.82, 2.24) is 14.8 Å². The van der Waals surface area contributed by atoms with Gasteiger partial charge in [0, 0.05) is 16.9 Å². The molecule has 2 aromatic rings. The summed E-state index contributed by atoms with van der Waals surface area (Å²) in [6.07, 6.45) is 1.47. The Morgan fingerprint density at radius 3 is 2.72 bits per heavy atom. The third-order valence-electron chi connectivity index (χ3n) is 2.50. The van der Waals surface area contributed by atoms with Crippen molar-refractivity contribution < 1.29 is 0 Å². The summed E-state index contributed by atoms with van der Waals surface area (Å²) >= 11 is 1.54. The fourth-order valence-corrected chi connectivity index (χ4v) is 2.42. The van der Waals surface area contributed by atoms with E-state index in [0.717, 1.165) is 10.7 Å². The van der Waals surface area contributed by atoms with E-state index >= 15 is 0 Å². The molecule has 0 radical (unpaired) electrons. The zero-order valence-corrected chi connectivity index (χ0v) is 11.5. The van der Waals surface area contributed by atoms with Gasteiger partial charge in [-0.3, -0.25) is 4.79 Å². The molecular weight excluding hydrogens is 248 g/mol. The van der Waals surface area contributed by atoms with Crippen molar-refractivity contribution in [2.24, 2.45) is 0 Å². The van der Waals surface area contributed by atoms with Crippen LogP contribution < -0.4 is 11.3 Å². The molecule has 0 bridgehead atoms. The number of nitrogens with two attached hydrogens (primary N) is 1. The largest absolute Gasteiger partial charge is 0.397 e. The Bertz CT molecular complexity index is 609. The van der Waals surface area contributed by atoms with Crippen LogP contribution in [0.5, 0.6) is 0 Å². The molecule has 6 heteroatoms. The maximum absolute atomic E-state index is 11.6. The predicted molar refractivity (Wildman–Crippen MR) is 72.8 cm³/mol. The van der Waals surface area contributed by atoms with Gasteiger partial charge < -0.3 is 5.73 Å². The van der Waals surface area contributed by atoms with Crippen LogP contribution in [0, 0.1) is 0 Å². The third-order valence-corrected chi connectivity index (χ3v) is 3.33. The third kappa shape index (κ3) is 2.76. The molecule has 96 valence electrons. The van der Waals surface area contributed by atoms with E-state index in [9.17, 15) is 4.79 Å². The normalized spacial score (nSPS) is 11.7. The minimum absolute atomic E-state index is 0.0221. The minimum atomic E-state index is -0.206. The van der Waals surface area contributed by atoms with E-state index in [1.54, 1.807) is 11.3 Å². The van der Waals surface area contributed by atoms with Crippen molar-refractivity contribution in [3.05, 3.63) is 38.7 Å². The number of aromatic nitrogens is 3.